The Morgan fingerprint density at radius 3 is 2.77 bits per heavy atom. The first-order valence-corrected chi connectivity index (χ1v) is 5.21. The Kier molecular flexibility index (Phi) is 2.07. The third-order valence-corrected chi connectivity index (χ3v) is 3.24. The molecule has 3 aliphatic carbocycles. The maximum Gasteiger partial charge on any atom is 0.00118 e. The molecule has 0 saturated heterocycles. The summed E-state index contributed by atoms with van der Waals surface area (Å²) >= 11 is 0. The maximum atomic E-state index is 5.83. The molecule has 3 rings (SSSR count). The average Bonchev–Trinajstić information content (AvgIpc) is 1.97. The first-order valence-electron chi connectivity index (χ1n) is 5.21. The van der Waals surface area contributed by atoms with E-state index in [0.717, 1.165) is 6.54 Å². The molecule has 0 aromatic rings. The molecule has 2 atom stereocenters. The minimum Gasteiger partial charge on any atom is -0.330 e. The fourth-order valence-electron chi connectivity index (χ4n) is 2.64. The van der Waals surface area contributed by atoms with Gasteiger partial charge >= 0.3 is 0 Å². The van der Waals surface area contributed by atoms with Crippen molar-refractivity contribution in [1.29, 1.82) is 0 Å². The zero-order valence-corrected chi connectivity index (χ0v) is 8.64. The Bertz CT molecular complexity index is 265. The van der Waals surface area contributed by atoms with Crippen molar-refractivity contribution in [2.75, 3.05) is 6.54 Å². The molecule has 0 aromatic heterocycles. The maximum absolute atomic E-state index is 5.83. The molecule has 1 saturated carbocycles. The van der Waals surface area contributed by atoms with Crippen LogP contribution >= 0.6 is 0 Å². The molecule has 1 fully saturated rings. The van der Waals surface area contributed by atoms with E-state index in [1.54, 1.807) is 11.1 Å². The van der Waals surface area contributed by atoms with Gasteiger partial charge < -0.3 is 5.73 Å². The van der Waals surface area contributed by atoms with Gasteiger partial charge in [0.2, 0.25) is 0 Å². The minimum absolute atomic E-state index is 0.247. The van der Waals surface area contributed by atoms with E-state index in [9.17, 15) is 0 Å². The van der Waals surface area contributed by atoms with E-state index in [4.69, 9.17) is 5.73 Å². The van der Waals surface area contributed by atoms with E-state index < -0.39 is 0 Å². The predicted octanol–water partition coefficient (Wildman–Crippen LogP) is 2.64. The van der Waals surface area contributed by atoms with Gasteiger partial charge in [0.05, 0.1) is 0 Å². The summed E-state index contributed by atoms with van der Waals surface area (Å²) in [6.07, 6.45) is 8.53. The van der Waals surface area contributed by atoms with Crippen molar-refractivity contribution in [3.05, 3.63) is 23.3 Å². The van der Waals surface area contributed by atoms with Gasteiger partial charge in [-0.1, -0.05) is 37.1 Å². The van der Waals surface area contributed by atoms with Crippen LogP contribution in [0.3, 0.4) is 0 Å². The fourth-order valence-corrected chi connectivity index (χ4v) is 2.64. The number of nitrogens with two attached hydrogens (primary N) is 1. The highest BCUT2D eigenvalue weighted by Gasteiger charge is 2.28. The van der Waals surface area contributed by atoms with Crippen molar-refractivity contribution in [3.63, 3.8) is 0 Å². The average molecular weight is 177 g/mol. The standard InChI is InChI=1S/C12H19N/c1-9-3-10-4-11(5-10)7-12(2,6-9)8-13/h3,7,9H,4-6,8,13H2,1-2H3. The Morgan fingerprint density at radius 2 is 2.15 bits per heavy atom. The summed E-state index contributed by atoms with van der Waals surface area (Å²) in [6.45, 7) is 5.37. The number of allylic oxidation sites excluding steroid dienone is 3. The molecule has 3 aliphatic rings. The Balaban J connectivity index is 2.24. The van der Waals surface area contributed by atoms with Crippen molar-refractivity contribution in [2.24, 2.45) is 17.1 Å². The molecule has 13 heavy (non-hydrogen) atoms. The number of rotatable bonds is 1. The van der Waals surface area contributed by atoms with E-state index in [1.165, 1.54) is 19.3 Å². The van der Waals surface area contributed by atoms with Crippen LogP contribution in [-0.2, 0) is 0 Å². The van der Waals surface area contributed by atoms with E-state index >= 15 is 0 Å². The van der Waals surface area contributed by atoms with E-state index in [2.05, 4.69) is 26.0 Å². The van der Waals surface area contributed by atoms with Gasteiger partial charge in [0.15, 0.2) is 0 Å². The summed E-state index contributed by atoms with van der Waals surface area (Å²) in [5.41, 5.74) is 9.32. The van der Waals surface area contributed by atoms with Crippen molar-refractivity contribution in [1.82, 2.24) is 0 Å². The van der Waals surface area contributed by atoms with Gasteiger partial charge in [0.25, 0.3) is 0 Å². The zero-order valence-electron chi connectivity index (χ0n) is 8.64. The Morgan fingerprint density at radius 1 is 1.46 bits per heavy atom. The second-order valence-corrected chi connectivity index (χ2v) is 5.02. The lowest BCUT2D eigenvalue weighted by Crippen LogP contribution is -2.29. The van der Waals surface area contributed by atoms with E-state index in [0.29, 0.717) is 5.92 Å². The monoisotopic (exact) mass is 177 g/mol. The van der Waals surface area contributed by atoms with Gasteiger partial charge in [0, 0.05) is 6.54 Å². The Labute approximate surface area is 80.7 Å². The van der Waals surface area contributed by atoms with Crippen LogP contribution in [0.5, 0.6) is 0 Å². The fraction of sp³-hybridized carbons (Fsp3) is 0.667. The molecular weight excluding hydrogens is 158 g/mol. The number of hydrogen-bond donors (Lipinski definition) is 1. The van der Waals surface area contributed by atoms with Crippen LogP contribution in [0.4, 0.5) is 0 Å². The van der Waals surface area contributed by atoms with E-state index in [1.807, 2.05) is 0 Å². The summed E-state index contributed by atoms with van der Waals surface area (Å²) in [7, 11) is 0. The van der Waals surface area contributed by atoms with Gasteiger partial charge in [-0.3, -0.25) is 0 Å². The SMILES string of the molecule is CC1C=C2CC(=CC(C)(CN)C1)C2. The number of fused-ring (bicyclic) bond motifs is 4. The van der Waals surface area contributed by atoms with Crippen LogP contribution in [0.25, 0.3) is 0 Å². The van der Waals surface area contributed by atoms with Crippen molar-refractivity contribution >= 4 is 0 Å². The molecule has 0 spiro atoms. The molecule has 0 heterocycles. The molecule has 1 nitrogen and oxygen atoms in total. The largest absolute Gasteiger partial charge is 0.330 e. The molecule has 0 aliphatic heterocycles. The highest BCUT2D eigenvalue weighted by molar-refractivity contribution is 5.35. The van der Waals surface area contributed by atoms with Gasteiger partial charge in [0.1, 0.15) is 0 Å². The summed E-state index contributed by atoms with van der Waals surface area (Å²) < 4.78 is 0. The molecule has 2 unspecified atom stereocenters. The van der Waals surface area contributed by atoms with Crippen molar-refractivity contribution < 1.29 is 0 Å². The predicted molar refractivity (Wildman–Crippen MR) is 56.3 cm³/mol. The zero-order chi connectivity index (χ0) is 9.47. The van der Waals surface area contributed by atoms with Crippen LogP contribution in [0, 0.1) is 11.3 Å². The third-order valence-electron chi connectivity index (χ3n) is 3.24. The second kappa shape index (κ2) is 2.98. The lowest BCUT2D eigenvalue weighted by molar-refractivity contribution is 0.349. The summed E-state index contributed by atoms with van der Waals surface area (Å²) in [5, 5.41) is 0. The smallest absolute Gasteiger partial charge is 0.00118 e. The van der Waals surface area contributed by atoms with Gasteiger partial charge in [-0.05, 0) is 30.6 Å². The summed E-state index contributed by atoms with van der Waals surface area (Å²) in [5.74, 6) is 0.696. The molecule has 2 bridgehead atoms. The number of hydrogen-bond acceptors (Lipinski definition) is 1. The lowest BCUT2D eigenvalue weighted by Gasteiger charge is -2.35. The first kappa shape index (κ1) is 9.01. The topological polar surface area (TPSA) is 26.0 Å². The van der Waals surface area contributed by atoms with Crippen LogP contribution in [0.2, 0.25) is 0 Å². The molecule has 0 aromatic carbocycles. The van der Waals surface area contributed by atoms with Crippen molar-refractivity contribution in [3.8, 4) is 0 Å². The summed E-state index contributed by atoms with van der Waals surface area (Å²) in [6, 6.07) is 0. The minimum atomic E-state index is 0.247. The molecule has 2 N–H and O–H groups in total. The van der Waals surface area contributed by atoms with Crippen LogP contribution in [0.15, 0.2) is 23.3 Å². The van der Waals surface area contributed by atoms with E-state index in [-0.39, 0.29) is 5.41 Å². The summed E-state index contributed by atoms with van der Waals surface area (Å²) in [4.78, 5) is 0. The lowest BCUT2D eigenvalue weighted by atomic mass is 9.71. The van der Waals surface area contributed by atoms with Crippen molar-refractivity contribution in [2.45, 2.75) is 33.1 Å². The van der Waals surface area contributed by atoms with Crippen LogP contribution in [0.1, 0.15) is 33.1 Å². The highest BCUT2D eigenvalue weighted by atomic mass is 14.6. The third kappa shape index (κ3) is 1.71. The highest BCUT2D eigenvalue weighted by Crippen LogP contribution is 2.41. The molecule has 1 heteroatoms. The molecule has 72 valence electrons. The van der Waals surface area contributed by atoms with Gasteiger partial charge in [-0.15, -0.1) is 0 Å². The van der Waals surface area contributed by atoms with Gasteiger partial charge in [-0.2, -0.15) is 0 Å². The molecule has 0 amide bonds. The second-order valence-electron chi connectivity index (χ2n) is 5.02. The quantitative estimate of drug-likeness (QED) is 0.612. The molecular formula is C12H19N. The van der Waals surface area contributed by atoms with Gasteiger partial charge in [-0.25, -0.2) is 0 Å². The normalized spacial score (nSPS) is 38.2. The first-order chi connectivity index (χ1) is 6.11. The van der Waals surface area contributed by atoms with Crippen LogP contribution in [-0.4, -0.2) is 6.54 Å². The molecule has 0 radical (unpaired) electrons. The Hall–Kier alpha value is -0.560. The van der Waals surface area contributed by atoms with Crippen LogP contribution < -0.4 is 5.73 Å².